The quantitative estimate of drug-likeness (QED) is 0.679. The second-order valence-corrected chi connectivity index (χ2v) is 4.33. The Hall–Kier alpha value is -0.750. The Labute approximate surface area is 92.3 Å². The van der Waals surface area contributed by atoms with Crippen LogP contribution in [0.15, 0.2) is 18.2 Å². The molecule has 0 fully saturated rings. The third kappa shape index (κ3) is 3.71. The normalized spacial score (nSPS) is 14.9. The summed E-state index contributed by atoms with van der Waals surface area (Å²) in [5, 5.41) is 0. The van der Waals surface area contributed by atoms with E-state index in [4.69, 9.17) is 10.3 Å². The van der Waals surface area contributed by atoms with Crippen molar-refractivity contribution in [1.29, 1.82) is 0 Å². The highest BCUT2D eigenvalue weighted by molar-refractivity contribution is 7.77. The van der Waals surface area contributed by atoms with Gasteiger partial charge in [-0.25, -0.2) is 8.93 Å². The zero-order valence-electron chi connectivity index (χ0n) is 8.86. The van der Waals surface area contributed by atoms with E-state index >= 15 is 0 Å². The number of nitrogens with two attached hydrogens (primary N) is 1. The van der Waals surface area contributed by atoms with Crippen molar-refractivity contribution < 1.29 is 8.76 Å². The second kappa shape index (κ2) is 5.37. The van der Waals surface area contributed by atoms with Crippen LogP contribution in [0.5, 0.6) is 0 Å². The molecule has 15 heavy (non-hydrogen) atoms. The molecule has 0 amide bonds. The second-order valence-electron chi connectivity index (χ2n) is 3.54. The van der Waals surface area contributed by atoms with Gasteiger partial charge in [0.1, 0.15) is 0 Å². The molecule has 0 bridgehead atoms. The van der Waals surface area contributed by atoms with Crippen LogP contribution in [0.4, 0.5) is 0 Å². The van der Waals surface area contributed by atoms with E-state index in [1.807, 2.05) is 32.0 Å². The highest BCUT2D eigenvalue weighted by Crippen LogP contribution is 2.15. The van der Waals surface area contributed by atoms with Crippen LogP contribution in [0.1, 0.15) is 29.7 Å². The van der Waals surface area contributed by atoms with Gasteiger partial charge in [0, 0.05) is 12.6 Å². The van der Waals surface area contributed by atoms with Gasteiger partial charge in [0.2, 0.25) is 11.3 Å². The van der Waals surface area contributed by atoms with Gasteiger partial charge in [0.05, 0.1) is 0 Å². The maximum absolute atomic E-state index is 10.4. The first-order valence-electron chi connectivity index (χ1n) is 4.70. The molecule has 0 saturated carbocycles. The Morgan fingerprint density at radius 1 is 1.60 bits per heavy atom. The van der Waals surface area contributed by atoms with E-state index in [1.54, 1.807) is 0 Å². The van der Waals surface area contributed by atoms with Gasteiger partial charge in [-0.05, 0) is 30.5 Å². The minimum atomic E-state index is -1.96. The highest BCUT2D eigenvalue weighted by atomic mass is 32.2. The average molecular weight is 228 g/mol. The Morgan fingerprint density at radius 3 is 2.73 bits per heavy atom. The van der Waals surface area contributed by atoms with Crippen molar-refractivity contribution in [2.24, 2.45) is 5.73 Å². The van der Waals surface area contributed by atoms with Gasteiger partial charge < -0.3 is 5.73 Å². The summed E-state index contributed by atoms with van der Waals surface area (Å²) in [6, 6.07) is 5.88. The first kappa shape index (κ1) is 12.3. The van der Waals surface area contributed by atoms with Gasteiger partial charge in [-0.1, -0.05) is 18.2 Å². The summed E-state index contributed by atoms with van der Waals surface area (Å²) in [7, 11) is 0. The van der Waals surface area contributed by atoms with Crippen LogP contribution in [-0.4, -0.2) is 8.76 Å². The van der Waals surface area contributed by atoms with Gasteiger partial charge in [-0.2, -0.15) is 0 Å². The molecule has 0 radical (unpaired) electrons. The van der Waals surface area contributed by atoms with Crippen molar-refractivity contribution >= 4 is 11.3 Å². The summed E-state index contributed by atoms with van der Waals surface area (Å²) in [5.41, 5.74) is 8.89. The van der Waals surface area contributed by atoms with Crippen LogP contribution in [0, 0.1) is 6.92 Å². The number of aryl methyl sites for hydroxylation is 1. The monoisotopic (exact) mass is 228 g/mol. The fourth-order valence-corrected chi connectivity index (χ4v) is 1.62. The summed E-state index contributed by atoms with van der Waals surface area (Å²) in [4.78, 5) is 0. The topological polar surface area (TPSA) is 75.3 Å². The van der Waals surface area contributed by atoms with Crippen molar-refractivity contribution in [2.75, 3.05) is 0 Å². The zero-order valence-corrected chi connectivity index (χ0v) is 9.67. The Kier molecular flexibility index (Phi) is 4.41. The van der Waals surface area contributed by atoms with E-state index in [9.17, 15) is 4.21 Å². The molecule has 0 saturated heterocycles. The molecule has 1 aromatic rings. The molecule has 4 nitrogen and oxygen atoms in total. The minimum Gasteiger partial charge on any atom is -0.324 e. The van der Waals surface area contributed by atoms with Crippen LogP contribution >= 0.6 is 0 Å². The predicted molar refractivity (Wildman–Crippen MR) is 61.4 cm³/mol. The zero-order chi connectivity index (χ0) is 11.4. The van der Waals surface area contributed by atoms with Crippen molar-refractivity contribution in [3.63, 3.8) is 0 Å². The number of nitrogens with one attached hydrogen (secondary N) is 1. The largest absolute Gasteiger partial charge is 0.324 e. The molecule has 0 aromatic heterocycles. The lowest BCUT2D eigenvalue weighted by molar-refractivity contribution is 0.548. The molecule has 2 atom stereocenters. The summed E-state index contributed by atoms with van der Waals surface area (Å²) >= 11 is -1.96. The summed E-state index contributed by atoms with van der Waals surface area (Å²) in [6.07, 6.45) is 0. The van der Waals surface area contributed by atoms with Gasteiger partial charge in [0.15, 0.2) is 0 Å². The van der Waals surface area contributed by atoms with Crippen molar-refractivity contribution in [1.82, 2.24) is 4.72 Å². The molecule has 0 aliphatic carbocycles. The van der Waals surface area contributed by atoms with E-state index in [2.05, 4.69) is 4.72 Å². The third-order valence-electron chi connectivity index (χ3n) is 2.28. The van der Waals surface area contributed by atoms with Gasteiger partial charge >= 0.3 is 0 Å². The number of benzene rings is 1. The van der Waals surface area contributed by atoms with Crippen molar-refractivity contribution in [3.8, 4) is 0 Å². The summed E-state index contributed by atoms with van der Waals surface area (Å²) < 4.78 is 21.5. The van der Waals surface area contributed by atoms with Crippen LogP contribution in [-0.2, 0) is 17.8 Å². The van der Waals surface area contributed by atoms with Crippen LogP contribution < -0.4 is 10.5 Å². The Morgan fingerprint density at radius 2 is 2.27 bits per heavy atom. The number of hydrogen-bond acceptors (Lipinski definition) is 2. The minimum absolute atomic E-state index is 0.0117. The summed E-state index contributed by atoms with van der Waals surface area (Å²) in [5.74, 6) is 0. The van der Waals surface area contributed by atoms with E-state index in [1.165, 1.54) is 0 Å². The predicted octanol–water partition coefficient (Wildman–Crippen LogP) is 1.24. The van der Waals surface area contributed by atoms with E-state index in [0.717, 1.165) is 16.7 Å². The molecule has 1 aromatic carbocycles. The van der Waals surface area contributed by atoms with E-state index < -0.39 is 11.3 Å². The maximum atomic E-state index is 10.4. The third-order valence-corrected chi connectivity index (χ3v) is 2.67. The first-order valence-corrected chi connectivity index (χ1v) is 5.80. The molecular weight excluding hydrogens is 212 g/mol. The lowest BCUT2D eigenvalue weighted by Crippen LogP contribution is -2.16. The average Bonchev–Trinajstić information content (AvgIpc) is 2.15. The molecule has 1 rings (SSSR count). The van der Waals surface area contributed by atoms with Crippen LogP contribution in [0.3, 0.4) is 0 Å². The molecule has 1 unspecified atom stereocenters. The molecule has 0 spiro atoms. The molecule has 5 heteroatoms. The lowest BCUT2D eigenvalue weighted by atomic mass is 10.0. The smallest absolute Gasteiger partial charge is 0.232 e. The van der Waals surface area contributed by atoms with E-state index in [0.29, 0.717) is 6.54 Å². The molecule has 84 valence electrons. The van der Waals surface area contributed by atoms with Crippen molar-refractivity contribution in [2.45, 2.75) is 26.4 Å². The molecule has 0 heterocycles. The molecular formula is C10H16N2O2S. The van der Waals surface area contributed by atoms with E-state index in [-0.39, 0.29) is 6.04 Å². The Bertz CT molecular complexity index is 366. The number of rotatable bonds is 4. The van der Waals surface area contributed by atoms with Crippen LogP contribution in [0.2, 0.25) is 0 Å². The fourth-order valence-electron chi connectivity index (χ4n) is 1.34. The van der Waals surface area contributed by atoms with Gasteiger partial charge in [0.25, 0.3) is 0 Å². The SMILES string of the molecule is Cc1cc([C@@H](C)N)ccc1CNS(=O)O. The Balaban J connectivity index is 2.79. The summed E-state index contributed by atoms with van der Waals surface area (Å²) in [6.45, 7) is 4.27. The van der Waals surface area contributed by atoms with Gasteiger partial charge in [-0.15, -0.1) is 0 Å². The standard InChI is InChI=1S/C10H16N2O2S/c1-7-5-9(8(2)11)3-4-10(7)6-12-15(13)14/h3-5,8,12H,6,11H2,1-2H3,(H,13,14)/t8-/m1/s1. The molecule has 4 N–H and O–H groups in total. The first-order chi connectivity index (χ1) is 7.00. The maximum Gasteiger partial charge on any atom is 0.232 e. The van der Waals surface area contributed by atoms with Gasteiger partial charge in [-0.3, -0.25) is 4.55 Å². The number of hydrogen-bond donors (Lipinski definition) is 3. The van der Waals surface area contributed by atoms with Crippen LogP contribution in [0.25, 0.3) is 0 Å². The highest BCUT2D eigenvalue weighted by Gasteiger charge is 2.03. The fraction of sp³-hybridized carbons (Fsp3) is 0.400. The lowest BCUT2D eigenvalue weighted by Gasteiger charge is -2.10. The molecule has 0 aliphatic heterocycles. The van der Waals surface area contributed by atoms with Crippen molar-refractivity contribution in [3.05, 3.63) is 34.9 Å². The molecule has 0 aliphatic rings.